The molecule has 1 aromatic carbocycles. The topological polar surface area (TPSA) is 49.3 Å². The zero-order valence-electron chi connectivity index (χ0n) is 12.4. The van der Waals surface area contributed by atoms with Crippen molar-refractivity contribution >= 4 is 5.91 Å². The molecule has 0 aliphatic heterocycles. The van der Waals surface area contributed by atoms with E-state index in [2.05, 4.69) is 5.32 Å². The van der Waals surface area contributed by atoms with Crippen molar-refractivity contribution in [2.24, 2.45) is 11.8 Å². The molecule has 2 aliphatic carbocycles. The Balaban J connectivity index is 1.63. The summed E-state index contributed by atoms with van der Waals surface area (Å²) < 4.78 is 27.5. The second-order valence-corrected chi connectivity index (χ2v) is 6.43. The molecule has 0 unspecified atom stereocenters. The van der Waals surface area contributed by atoms with Gasteiger partial charge in [0.05, 0.1) is 0 Å². The molecule has 3 nitrogen and oxygen atoms in total. The molecule has 1 amide bonds. The van der Waals surface area contributed by atoms with Gasteiger partial charge in [-0.3, -0.25) is 4.79 Å². The first kappa shape index (κ1) is 15.4. The van der Waals surface area contributed by atoms with Crippen molar-refractivity contribution in [3.8, 4) is 0 Å². The summed E-state index contributed by atoms with van der Waals surface area (Å²) in [5, 5.41) is 12.4. The van der Waals surface area contributed by atoms with Crippen LogP contribution in [0.2, 0.25) is 0 Å². The first-order valence-electron chi connectivity index (χ1n) is 7.97. The van der Waals surface area contributed by atoms with Gasteiger partial charge in [-0.15, -0.1) is 0 Å². The quantitative estimate of drug-likeness (QED) is 0.898. The second-order valence-electron chi connectivity index (χ2n) is 6.43. The number of hydrogen-bond donors (Lipinski definition) is 2. The van der Waals surface area contributed by atoms with Crippen LogP contribution in [0.15, 0.2) is 18.2 Å². The number of aliphatic hydroxyl groups is 1. The fourth-order valence-electron chi connectivity index (χ4n) is 3.57. The standard InChI is InChI=1S/C17H21F2NO2/c18-13-5-3-6-14(19)16(13)11-8-12(11)17(22)20-15-7-2-1-4-10(15)9-21/h3,5-6,10-12,15,21H,1-2,4,7-9H2,(H,20,22)/t10-,11-,12-,15-/m1/s1. The van der Waals surface area contributed by atoms with Crippen LogP contribution in [0, 0.1) is 23.5 Å². The molecule has 2 aliphatic rings. The van der Waals surface area contributed by atoms with Crippen molar-refractivity contribution < 1.29 is 18.7 Å². The predicted octanol–water partition coefficient (Wildman–Crippen LogP) is 2.74. The molecule has 1 aromatic rings. The van der Waals surface area contributed by atoms with Crippen LogP contribution >= 0.6 is 0 Å². The zero-order valence-corrected chi connectivity index (χ0v) is 12.4. The number of rotatable bonds is 4. The van der Waals surface area contributed by atoms with E-state index < -0.39 is 11.6 Å². The van der Waals surface area contributed by atoms with Gasteiger partial charge < -0.3 is 10.4 Å². The number of halogens is 2. The number of amides is 1. The van der Waals surface area contributed by atoms with Crippen molar-refractivity contribution in [1.82, 2.24) is 5.32 Å². The molecular weight excluding hydrogens is 288 g/mol. The molecule has 0 saturated heterocycles. The highest BCUT2D eigenvalue weighted by Crippen LogP contribution is 2.49. The van der Waals surface area contributed by atoms with Gasteiger partial charge in [-0.1, -0.05) is 18.9 Å². The van der Waals surface area contributed by atoms with Gasteiger partial charge in [-0.05, 0) is 31.4 Å². The van der Waals surface area contributed by atoms with E-state index in [0.29, 0.717) is 6.42 Å². The molecule has 0 spiro atoms. The lowest BCUT2D eigenvalue weighted by atomic mass is 9.85. The van der Waals surface area contributed by atoms with Crippen molar-refractivity contribution in [3.05, 3.63) is 35.4 Å². The highest BCUT2D eigenvalue weighted by atomic mass is 19.1. The van der Waals surface area contributed by atoms with Crippen LogP contribution < -0.4 is 5.32 Å². The number of nitrogens with one attached hydrogen (secondary N) is 1. The van der Waals surface area contributed by atoms with Crippen LogP contribution in [0.25, 0.3) is 0 Å². The van der Waals surface area contributed by atoms with Gasteiger partial charge in [0.2, 0.25) is 5.91 Å². The first-order chi connectivity index (χ1) is 10.6. The Morgan fingerprint density at radius 1 is 1.23 bits per heavy atom. The van der Waals surface area contributed by atoms with Crippen LogP contribution in [-0.4, -0.2) is 23.7 Å². The average Bonchev–Trinajstić information content (AvgIpc) is 3.28. The van der Waals surface area contributed by atoms with Crippen molar-refractivity contribution in [2.75, 3.05) is 6.61 Å². The summed E-state index contributed by atoms with van der Waals surface area (Å²) >= 11 is 0. The van der Waals surface area contributed by atoms with E-state index in [1.165, 1.54) is 18.2 Å². The SMILES string of the molecule is O=C(N[C@@H]1CCCC[C@@H]1CO)[C@@H]1C[C@H]1c1c(F)cccc1F. The minimum Gasteiger partial charge on any atom is -0.396 e. The van der Waals surface area contributed by atoms with Crippen molar-refractivity contribution in [2.45, 2.75) is 44.1 Å². The van der Waals surface area contributed by atoms with Gasteiger partial charge >= 0.3 is 0 Å². The molecule has 3 rings (SSSR count). The maximum atomic E-state index is 13.7. The molecular formula is C17H21F2NO2. The Bertz CT molecular complexity index is 543. The summed E-state index contributed by atoms with van der Waals surface area (Å²) in [4.78, 5) is 12.3. The molecule has 4 atom stereocenters. The van der Waals surface area contributed by atoms with E-state index in [0.717, 1.165) is 25.7 Å². The first-order valence-corrected chi connectivity index (χ1v) is 7.97. The Labute approximate surface area is 128 Å². The lowest BCUT2D eigenvalue weighted by Crippen LogP contribution is -2.44. The normalized spacial score (nSPS) is 30.9. The molecule has 0 aromatic heterocycles. The number of carbonyl (C=O) groups is 1. The van der Waals surface area contributed by atoms with E-state index in [1.807, 2.05) is 0 Å². The highest BCUT2D eigenvalue weighted by Gasteiger charge is 2.47. The number of carbonyl (C=O) groups excluding carboxylic acids is 1. The van der Waals surface area contributed by atoms with E-state index in [1.54, 1.807) is 0 Å². The van der Waals surface area contributed by atoms with Crippen LogP contribution in [0.3, 0.4) is 0 Å². The fourth-order valence-corrected chi connectivity index (χ4v) is 3.57. The molecule has 0 bridgehead atoms. The van der Waals surface area contributed by atoms with Gasteiger partial charge in [0, 0.05) is 36.0 Å². The summed E-state index contributed by atoms with van der Waals surface area (Å²) in [5.41, 5.74) is 0.0324. The van der Waals surface area contributed by atoms with Crippen molar-refractivity contribution in [1.29, 1.82) is 0 Å². The van der Waals surface area contributed by atoms with E-state index in [4.69, 9.17) is 0 Å². The number of hydrogen-bond acceptors (Lipinski definition) is 2. The maximum absolute atomic E-state index is 13.7. The zero-order chi connectivity index (χ0) is 15.7. The summed E-state index contributed by atoms with van der Waals surface area (Å²) in [6, 6.07) is 3.78. The average molecular weight is 309 g/mol. The van der Waals surface area contributed by atoms with Gasteiger partial charge in [-0.25, -0.2) is 8.78 Å². The van der Waals surface area contributed by atoms with Gasteiger partial charge in [0.25, 0.3) is 0 Å². The molecule has 2 saturated carbocycles. The summed E-state index contributed by atoms with van der Waals surface area (Å²) in [6.45, 7) is 0.0704. The fraction of sp³-hybridized carbons (Fsp3) is 0.588. The van der Waals surface area contributed by atoms with E-state index >= 15 is 0 Å². The summed E-state index contributed by atoms with van der Waals surface area (Å²) in [7, 11) is 0. The Morgan fingerprint density at radius 3 is 2.59 bits per heavy atom. The molecule has 22 heavy (non-hydrogen) atoms. The lowest BCUT2D eigenvalue weighted by molar-refractivity contribution is -0.123. The third kappa shape index (κ3) is 3.00. The summed E-state index contributed by atoms with van der Waals surface area (Å²) in [5.74, 6) is -1.92. The van der Waals surface area contributed by atoms with Crippen LogP contribution in [-0.2, 0) is 4.79 Å². The van der Waals surface area contributed by atoms with Crippen LogP contribution in [0.5, 0.6) is 0 Å². The van der Waals surface area contributed by atoms with Crippen LogP contribution in [0.1, 0.15) is 43.6 Å². The van der Waals surface area contributed by atoms with Crippen LogP contribution in [0.4, 0.5) is 8.78 Å². The third-order valence-electron chi connectivity index (χ3n) is 4.97. The van der Waals surface area contributed by atoms with Gasteiger partial charge in [0.15, 0.2) is 0 Å². The largest absolute Gasteiger partial charge is 0.396 e. The third-order valence-corrected chi connectivity index (χ3v) is 4.97. The van der Waals surface area contributed by atoms with Gasteiger partial charge in [-0.2, -0.15) is 0 Å². The minimum atomic E-state index is -0.578. The Hall–Kier alpha value is -1.49. The molecule has 0 radical (unpaired) electrons. The highest BCUT2D eigenvalue weighted by molar-refractivity contribution is 5.83. The molecule has 120 valence electrons. The maximum Gasteiger partial charge on any atom is 0.223 e. The molecule has 2 N–H and O–H groups in total. The van der Waals surface area contributed by atoms with Gasteiger partial charge in [0.1, 0.15) is 11.6 Å². The second kappa shape index (κ2) is 6.32. The molecule has 0 heterocycles. The van der Waals surface area contributed by atoms with E-state index in [9.17, 15) is 18.7 Å². The minimum absolute atomic E-state index is 0.0158. The Morgan fingerprint density at radius 2 is 1.91 bits per heavy atom. The monoisotopic (exact) mass is 309 g/mol. The van der Waals surface area contributed by atoms with Crippen molar-refractivity contribution in [3.63, 3.8) is 0 Å². The predicted molar refractivity (Wildman–Crippen MR) is 78.2 cm³/mol. The Kier molecular flexibility index (Phi) is 4.43. The smallest absolute Gasteiger partial charge is 0.223 e. The number of benzene rings is 1. The van der Waals surface area contributed by atoms with E-state index in [-0.39, 0.29) is 41.9 Å². The summed E-state index contributed by atoms with van der Waals surface area (Å²) in [6.07, 6.45) is 4.38. The number of aliphatic hydroxyl groups excluding tert-OH is 1. The lowest BCUT2D eigenvalue weighted by Gasteiger charge is -2.31. The molecule has 2 fully saturated rings. The molecule has 5 heteroatoms.